The molecule has 92 valence electrons. The highest BCUT2D eigenvalue weighted by atomic mass is 35.5. The Bertz CT molecular complexity index is 631. The maximum atomic E-state index is 13.2. The van der Waals surface area contributed by atoms with E-state index in [9.17, 15) is 9.18 Å². The van der Waals surface area contributed by atoms with Crippen molar-refractivity contribution in [3.63, 3.8) is 0 Å². The fourth-order valence-corrected chi connectivity index (χ4v) is 2.13. The number of hydrogen-bond acceptors (Lipinski definition) is 2. The Kier molecular flexibility index (Phi) is 3.85. The van der Waals surface area contributed by atoms with Crippen LogP contribution >= 0.6 is 34.8 Å². The van der Waals surface area contributed by atoms with Crippen LogP contribution in [0.4, 0.5) is 4.39 Å². The van der Waals surface area contributed by atoms with Crippen LogP contribution < -0.4 is 0 Å². The fraction of sp³-hybridized carbons (Fsp3) is 0. The summed E-state index contributed by atoms with van der Waals surface area (Å²) in [5.74, 6) is -0.572. The Labute approximate surface area is 117 Å². The van der Waals surface area contributed by atoms with Gasteiger partial charge >= 0.3 is 0 Å². The summed E-state index contributed by atoms with van der Waals surface area (Å²) < 4.78 is 13.2. The lowest BCUT2D eigenvalue weighted by molar-refractivity contribution is 0.111. The highest BCUT2D eigenvalue weighted by Gasteiger charge is 2.14. The van der Waals surface area contributed by atoms with Crippen molar-refractivity contribution in [1.29, 1.82) is 0 Å². The zero-order chi connectivity index (χ0) is 13.3. The molecule has 0 amide bonds. The molecule has 0 atom stereocenters. The Morgan fingerprint density at radius 3 is 2.50 bits per heavy atom. The molecular formula is C12H5Cl3FNO. The molecule has 1 aromatic carbocycles. The third kappa shape index (κ3) is 2.34. The number of carbonyl (C=O) groups is 1. The second kappa shape index (κ2) is 5.22. The fourth-order valence-electron chi connectivity index (χ4n) is 1.49. The second-order valence-electron chi connectivity index (χ2n) is 3.43. The Morgan fingerprint density at radius 1 is 1.11 bits per heavy atom. The minimum atomic E-state index is -0.572. The first-order valence-corrected chi connectivity index (χ1v) is 5.92. The number of pyridine rings is 1. The molecule has 0 spiro atoms. The minimum Gasteiger partial charge on any atom is -0.296 e. The van der Waals surface area contributed by atoms with E-state index in [2.05, 4.69) is 4.98 Å². The molecule has 6 heteroatoms. The number of benzene rings is 1. The highest BCUT2D eigenvalue weighted by molar-refractivity contribution is 6.49. The van der Waals surface area contributed by atoms with Crippen LogP contribution in [-0.2, 0) is 0 Å². The number of carbonyl (C=O) groups excluding carboxylic acids is 1. The van der Waals surface area contributed by atoms with E-state index in [4.69, 9.17) is 34.8 Å². The van der Waals surface area contributed by atoms with Gasteiger partial charge in [0.2, 0.25) is 0 Å². The van der Waals surface area contributed by atoms with Crippen LogP contribution in [0.2, 0.25) is 15.1 Å². The van der Waals surface area contributed by atoms with Crippen molar-refractivity contribution in [2.24, 2.45) is 0 Å². The smallest absolute Gasteiger partial charge is 0.169 e. The summed E-state index contributed by atoms with van der Waals surface area (Å²) in [7, 11) is 0. The summed E-state index contributed by atoms with van der Waals surface area (Å²) in [6, 6.07) is 4.24. The van der Waals surface area contributed by atoms with Crippen molar-refractivity contribution in [3.05, 3.63) is 51.0 Å². The Balaban J connectivity index is 2.72. The van der Waals surface area contributed by atoms with Crippen LogP contribution in [0.5, 0.6) is 0 Å². The van der Waals surface area contributed by atoms with Crippen LogP contribution in [0.3, 0.4) is 0 Å². The first kappa shape index (κ1) is 13.3. The molecule has 0 radical (unpaired) electrons. The summed E-state index contributed by atoms with van der Waals surface area (Å²) >= 11 is 17.7. The van der Waals surface area contributed by atoms with Crippen molar-refractivity contribution < 1.29 is 9.18 Å². The molecule has 2 aromatic rings. The number of hydrogen-bond donors (Lipinski definition) is 0. The van der Waals surface area contributed by atoms with E-state index in [1.807, 2.05) is 0 Å². The normalized spacial score (nSPS) is 10.4. The standard InChI is InChI=1S/C12H5Cl3FNO/c13-9-2-1-7(11(14)12(9)15)8-3-6(16)4-17-10(8)5-18/h1-5H. The van der Waals surface area contributed by atoms with Crippen molar-refractivity contribution in [1.82, 2.24) is 4.98 Å². The maximum absolute atomic E-state index is 13.2. The van der Waals surface area contributed by atoms with Gasteiger partial charge in [0, 0.05) is 11.1 Å². The number of nitrogens with zero attached hydrogens (tertiary/aromatic N) is 1. The lowest BCUT2D eigenvalue weighted by Gasteiger charge is -2.09. The van der Waals surface area contributed by atoms with Gasteiger partial charge in [0.1, 0.15) is 11.5 Å². The Morgan fingerprint density at radius 2 is 1.83 bits per heavy atom. The molecule has 0 bridgehead atoms. The van der Waals surface area contributed by atoms with Gasteiger partial charge < -0.3 is 0 Å². The van der Waals surface area contributed by atoms with E-state index in [-0.39, 0.29) is 26.3 Å². The predicted molar refractivity (Wildman–Crippen MR) is 70.0 cm³/mol. The Hall–Kier alpha value is -1.16. The zero-order valence-electron chi connectivity index (χ0n) is 8.75. The van der Waals surface area contributed by atoms with E-state index in [0.717, 1.165) is 6.20 Å². The summed E-state index contributed by atoms with van der Waals surface area (Å²) in [6.07, 6.45) is 1.48. The van der Waals surface area contributed by atoms with Crippen molar-refractivity contribution in [2.75, 3.05) is 0 Å². The van der Waals surface area contributed by atoms with Crippen molar-refractivity contribution in [2.45, 2.75) is 0 Å². The van der Waals surface area contributed by atoms with Crippen LogP contribution in [0, 0.1) is 5.82 Å². The summed E-state index contributed by atoms with van der Waals surface area (Å²) in [6.45, 7) is 0. The first-order chi connectivity index (χ1) is 8.54. The van der Waals surface area contributed by atoms with E-state index in [0.29, 0.717) is 11.8 Å². The van der Waals surface area contributed by atoms with Gasteiger partial charge in [-0.25, -0.2) is 9.37 Å². The molecule has 1 aromatic heterocycles. The second-order valence-corrected chi connectivity index (χ2v) is 4.59. The molecule has 0 unspecified atom stereocenters. The quantitative estimate of drug-likeness (QED) is 0.596. The zero-order valence-corrected chi connectivity index (χ0v) is 11.0. The molecule has 0 aliphatic carbocycles. The minimum absolute atomic E-state index is 0.0803. The number of rotatable bonds is 2. The van der Waals surface area contributed by atoms with E-state index >= 15 is 0 Å². The molecule has 0 aliphatic heterocycles. The van der Waals surface area contributed by atoms with E-state index in [1.54, 1.807) is 6.07 Å². The third-order valence-corrected chi connectivity index (χ3v) is 3.62. The molecule has 2 nitrogen and oxygen atoms in total. The van der Waals surface area contributed by atoms with E-state index < -0.39 is 5.82 Å². The first-order valence-electron chi connectivity index (χ1n) is 4.79. The van der Waals surface area contributed by atoms with Crippen molar-refractivity contribution >= 4 is 41.1 Å². The monoisotopic (exact) mass is 303 g/mol. The molecule has 1 heterocycles. The lowest BCUT2D eigenvalue weighted by Crippen LogP contribution is -1.94. The van der Waals surface area contributed by atoms with Crippen molar-refractivity contribution in [3.8, 4) is 11.1 Å². The number of halogens is 4. The van der Waals surface area contributed by atoms with Gasteiger partial charge in [-0.1, -0.05) is 40.9 Å². The average molecular weight is 305 g/mol. The number of aldehydes is 1. The summed E-state index contributed by atoms with van der Waals surface area (Å²) in [5, 5.41) is 0.582. The average Bonchev–Trinajstić information content (AvgIpc) is 2.36. The van der Waals surface area contributed by atoms with Gasteiger partial charge in [-0.05, 0) is 12.1 Å². The summed E-state index contributed by atoms with van der Waals surface area (Å²) in [5.41, 5.74) is 0.755. The molecule has 0 saturated heterocycles. The van der Waals surface area contributed by atoms with Crippen LogP contribution in [0.25, 0.3) is 11.1 Å². The molecule has 0 N–H and O–H groups in total. The highest BCUT2D eigenvalue weighted by Crippen LogP contribution is 2.38. The summed E-state index contributed by atoms with van der Waals surface area (Å²) in [4.78, 5) is 14.6. The van der Waals surface area contributed by atoms with Gasteiger partial charge in [-0.3, -0.25) is 4.79 Å². The molecular weight excluding hydrogens is 299 g/mol. The predicted octanol–water partition coefficient (Wildman–Crippen LogP) is 4.66. The third-order valence-electron chi connectivity index (χ3n) is 2.32. The van der Waals surface area contributed by atoms with Gasteiger partial charge in [0.25, 0.3) is 0 Å². The number of aromatic nitrogens is 1. The molecule has 2 rings (SSSR count). The van der Waals surface area contributed by atoms with Gasteiger partial charge in [-0.2, -0.15) is 0 Å². The topological polar surface area (TPSA) is 30.0 Å². The van der Waals surface area contributed by atoms with Crippen LogP contribution in [0.15, 0.2) is 24.4 Å². The molecule has 0 aliphatic rings. The maximum Gasteiger partial charge on any atom is 0.169 e. The van der Waals surface area contributed by atoms with Gasteiger partial charge in [0.05, 0.1) is 21.3 Å². The molecule has 0 saturated carbocycles. The lowest BCUT2D eigenvalue weighted by atomic mass is 10.0. The van der Waals surface area contributed by atoms with E-state index in [1.165, 1.54) is 12.1 Å². The largest absolute Gasteiger partial charge is 0.296 e. The van der Waals surface area contributed by atoms with Gasteiger partial charge in [-0.15, -0.1) is 0 Å². The van der Waals surface area contributed by atoms with Gasteiger partial charge in [0.15, 0.2) is 6.29 Å². The van der Waals surface area contributed by atoms with Crippen LogP contribution in [0.1, 0.15) is 10.5 Å². The molecule has 18 heavy (non-hydrogen) atoms. The van der Waals surface area contributed by atoms with Crippen LogP contribution in [-0.4, -0.2) is 11.3 Å². The SMILES string of the molecule is O=Cc1ncc(F)cc1-c1ccc(Cl)c(Cl)c1Cl. The molecule has 0 fully saturated rings.